The summed E-state index contributed by atoms with van der Waals surface area (Å²) in [6.07, 6.45) is 6.54. The zero-order chi connectivity index (χ0) is 10.7. The third-order valence-electron chi connectivity index (χ3n) is 3.95. The van der Waals surface area contributed by atoms with Crippen LogP contribution in [0.25, 0.3) is 0 Å². The second-order valence-electron chi connectivity index (χ2n) is 5.26. The van der Waals surface area contributed by atoms with Gasteiger partial charge in [0.2, 0.25) is 0 Å². The van der Waals surface area contributed by atoms with Gasteiger partial charge in [-0.3, -0.25) is 4.90 Å². The average molecular weight is 212 g/mol. The Labute approximate surface area is 92.8 Å². The van der Waals surface area contributed by atoms with Gasteiger partial charge in [-0.05, 0) is 19.8 Å². The minimum absolute atomic E-state index is 0.193. The molecule has 1 saturated carbocycles. The van der Waals surface area contributed by atoms with E-state index in [9.17, 15) is 5.11 Å². The highest BCUT2D eigenvalue weighted by Crippen LogP contribution is 2.34. The molecule has 2 N–H and O–H groups in total. The van der Waals surface area contributed by atoms with E-state index in [0.717, 1.165) is 26.2 Å². The predicted molar refractivity (Wildman–Crippen MR) is 61.9 cm³/mol. The van der Waals surface area contributed by atoms with Gasteiger partial charge in [0, 0.05) is 31.7 Å². The summed E-state index contributed by atoms with van der Waals surface area (Å²) in [5, 5.41) is 13.1. The number of rotatable bonds is 2. The summed E-state index contributed by atoms with van der Waals surface area (Å²) in [7, 11) is 0. The Balaban J connectivity index is 2.03. The van der Waals surface area contributed by atoms with Gasteiger partial charge in [0.05, 0.1) is 6.10 Å². The second-order valence-corrected chi connectivity index (χ2v) is 5.26. The smallest absolute Gasteiger partial charge is 0.0639 e. The van der Waals surface area contributed by atoms with Crippen LogP contribution in [0.3, 0.4) is 0 Å². The summed E-state index contributed by atoms with van der Waals surface area (Å²) in [5.41, 5.74) is 0.369. The van der Waals surface area contributed by atoms with Crippen LogP contribution in [0.4, 0.5) is 0 Å². The molecule has 1 atom stereocenters. The van der Waals surface area contributed by atoms with Crippen molar-refractivity contribution < 1.29 is 5.11 Å². The molecule has 1 heterocycles. The van der Waals surface area contributed by atoms with Gasteiger partial charge in [0.1, 0.15) is 0 Å². The molecule has 15 heavy (non-hydrogen) atoms. The first kappa shape index (κ1) is 11.4. The summed E-state index contributed by atoms with van der Waals surface area (Å²) in [6.45, 7) is 6.05. The fraction of sp³-hybridized carbons (Fsp3) is 1.00. The first-order valence-electron chi connectivity index (χ1n) is 6.37. The lowest BCUT2D eigenvalue weighted by atomic mass is 9.79. The molecule has 1 aliphatic carbocycles. The molecular weight excluding hydrogens is 188 g/mol. The van der Waals surface area contributed by atoms with Crippen molar-refractivity contribution in [1.29, 1.82) is 0 Å². The second kappa shape index (κ2) is 4.81. The van der Waals surface area contributed by atoms with Gasteiger partial charge >= 0.3 is 0 Å². The van der Waals surface area contributed by atoms with Gasteiger partial charge in [-0.15, -0.1) is 0 Å². The van der Waals surface area contributed by atoms with E-state index >= 15 is 0 Å². The lowest BCUT2D eigenvalue weighted by molar-refractivity contribution is -0.00234. The van der Waals surface area contributed by atoms with Crippen LogP contribution >= 0.6 is 0 Å². The molecule has 0 bridgehead atoms. The molecule has 3 nitrogen and oxygen atoms in total. The number of aliphatic hydroxyl groups is 1. The number of β-amino-alcohol motifs (C(OH)–C–C–N with tert-alkyl or cyclic N) is 1. The van der Waals surface area contributed by atoms with E-state index in [2.05, 4.69) is 10.2 Å². The molecule has 0 aromatic rings. The number of piperazine rings is 1. The van der Waals surface area contributed by atoms with Gasteiger partial charge in [0.25, 0.3) is 0 Å². The minimum Gasteiger partial charge on any atom is -0.392 e. The number of aliphatic hydroxyl groups excluding tert-OH is 1. The molecule has 3 heteroatoms. The van der Waals surface area contributed by atoms with Crippen LogP contribution in [0.1, 0.15) is 39.0 Å². The van der Waals surface area contributed by atoms with Crippen molar-refractivity contribution in [2.45, 2.75) is 50.7 Å². The molecule has 0 aromatic carbocycles. The zero-order valence-corrected chi connectivity index (χ0v) is 9.84. The lowest BCUT2D eigenvalue weighted by Crippen LogP contribution is -2.63. The Morgan fingerprint density at radius 3 is 2.73 bits per heavy atom. The Morgan fingerprint density at radius 1 is 1.33 bits per heavy atom. The van der Waals surface area contributed by atoms with Crippen molar-refractivity contribution in [2.75, 3.05) is 26.2 Å². The van der Waals surface area contributed by atoms with Crippen LogP contribution in [-0.2, 0) is 0 Å². The fourth-order valence-electron chi connectivity index (χ4n) is 3.19. The third-order valence-corrected chi connectivity index (χ3v) is 3.95. The Kier molecular flexibility index (Phi) is 3.65. The number of hydrogen-bond donors (Lipinski definition) is 2. The van der Waals surface area contributed by atoms with Gasteiger partial charge < -0.3 is 10.4 Å². The Morgan fingerprint density at radius 2 is 2.07 bits per heavy atom. The van der Waals surface area contributed by atoms with Crippen molar-refractivity contribution in [3.8, 4) is 0 Å². The van der Waals surface area contributed by atoms with E-state index in [4.69, 9.17) is 0 Å². The maximum atomic E-state index is 9.56. The van der Waals surface area contributed by atoms with Gasteiger partial charge in [-0.2, -0.15) is 0 Å². The molecule has 1 spiro atoms. The van der Waals surface area contributed by atoms with Crippen LogP contribution in [0.15, 0.2) is 0 Å². The van der Waals surface area contributed by atoms with Crippen LogP contribution < -0.4 is 5.32 Å². The van der Waals surface area contributed by atoms with Crippen molar-refractivity contribution in [3.63, 3.8) is 0 Å². The van der Waals surface area contributed by atoms with Crippen molar-refractivity contribution in [2.24, 2.45) is 0 Å². The van der Waals surface area contributed by atoms with E-state index in [1.807, 2.05) is 6.92 Å². The maximum absolute atomic E-state index is 9.56. The highest BCUT2D eigenvalue weighted by Gasteiger charge is 2.39. The van der Waals surface area contributed by atoms with Gasteiger partial charge in [0.15, 0.2) is 0 Å². The third kappa shape index (κ3) is 2.52. The number of hydrogen-bond acceptors (Lipinski definition) is 3. The van der Waals surface area contributed by atoms with E-state index in [-0.39, 0.29) is 6.10 Å². The molecule has 0 amide bonds. The summed E-state index contributed by atoms with van der Waals surface area (Å²) in [4.78, 5) is 2.54. The minimum atomic E-state index is -0.193. The SMILES string of the molecule is CC(O)CN1CCNCC12CCCCC2. The van der Waals surface area contributed by atoms with Crippen molar-refractivity contribution in [3.05, 3.63) is 0 Å². The van der Waals surface area contributed by atoms with E-state index < -0.39 is 0 Å². The summed E-state index contributed by atoms with van der Waals surface area (Å²) >= 11 is 0. The molecule has 2 fully saturated rings. The highest BCUT2D eigenvalue weighted by atomic mass is 16.3. The first-order valence-corrected chi connectivity index (χ1v) is 6.37. The first-order chi connectivity index (χ1) is 7.23. The van der Waals surface area contributed by atoms with E-state index in [1.165, 1.54) is 32.1 Å². The monoisotopic (exact) mass is 212 g/mol. The fourth-order valence-corrected chi connectivity index (χ4v) is 3.19. The molecule has 0 aromatic heterocycles. The number of nitrogens with zero attached hydrogens (tertiary/aromatic N) is 1. The quantitative estimate of drug-likeness (QED) is 0.716. The van der Waals surface area contributed by atoms with Gasteiger partial charge in [-0.25, -0.2) is 0 Å². The normalized spacial score (nSPS) is 29.2. The van der Waals surface area contributed by atoms with E-state index in [1.54, 1.807) is 0 Å². The lowest BCUT2D eigenvalue weighted by Gasteiger charge is -2.50. The summed E-state index contributed by atoms with van der Waals surface area (Å²) < 4.78 is 0. The molecule has 0 radical (unpaired) electrons. The van der Waals surface area contributed by atoms with Gasteiger partial charge in [-0.1, -0.05) is 19.3 Å². The Hall–Kier alpha value is -0.120. The van der Waals surface area contributed by atoms with Crippen LogP contribution in [-0.4, -0.2) is 47.8 Å². The predicted octanol–water partition coefficient (Wildman–Crippen LogP) is 0.975. The summed E-state index contributed by atoms with van der Waals surface area (Å²) in [6, 6.07) is 0. The van der Waals surface area contributed by atoms with Crippen LogP contribution in [0.5, 0.6) is 0 Å². The molecule has 2 rings (SSSR count). The molecule has 88 valence electrons. The molecule has 1 unspecified atom stereocenters. The maximum Gasteiger partial charge on any atom is 0.0639 e. The average Bonchev–Trinajstić information content (AvgIpc) is 2.23. The number of nitrogens with one attached hydrogen (secondary N) is 1. The Bertz CT molecular complexity index is 192. The largest absolute Gasteiger partial charge is 0.392 e. The molecule has 2 aliphatic rings. The van der Waals surface area contributed by atoms with Crippen LogP contribution in [0.2, 0.25) is 0 Å². The van der Waals surface area contributed by atoms with Crippen LogP contribution in [0, 0.1) is 0 Å². The van der Waals surface area contributed by atoms with Crippen molar-refractivity contribution >= 4 is 0 Å². The summed E-state index contributed by atoms with van der Waals surface area (Å²) in [5.74, 6) is 0. The highest BCUT2D eigenvalue weighted by molar-refractivity contribution is 4.98. The molecule has 1 aliphatic heterocycles. The zero-order valence-electron chi connectivity index (χ0n) is 9.84. The topological polar surface area (TPSA) is 35.5 Å². The standard InChI is InChI=1S/C12H24N2O/c1-11(15)9-14-8-7-13-10-12(14)5-3-2-4-6-12/h11,13,15H,2-10H2,1H3. The molecule has 1 saturated heterocycles. The van der Waals surface area contributed by atoms with E-state index in [0.29, 0.717) is 5.54 Å². The van der Waals surface area contributed by atoms with Crippen molar-refractivity contribution in [1.82, 2.24) is 10.2 Å². The molecular formula is C12H24N2O.